The zero-order valence-corrected chi connectivity index (χ0v) is 14.9. The third kappa shape index (κ3) is 3.72. The van der Waals surface area contributed by atoms with Gasteiger partial charge >= 0.3 is 5.97 Å². The predicted molar refractivity (Wildman–Crippen MR) is 90.5 cm³/mol. The van der Waals surface area contributed by atoms with Crippen molar-refractivity contribution in [2.75, 3.05) is 4.90 Å². The Balaban J connectivity index is 2.51. The Labute approximate surface area is 145 Å². The highest BCUT2D eigenvalue weighted by atomic mass is 16.6. The molecule has 1 aliphatic heterocycles. The van der Waals surface area contributed by atoms with Gasteiger partial charge < -0.3 is 9.47 Å². The van der Waals surface area contributed by atoms with E-state index in [1.54, 1.807) is 13.8 Å². The fraction of sp³-hybridized carbons (Fsp3) is 0.529. The summed E-state index contributed by atoms with van der Waals surface area (Å²) < 4.78 is 10.9. The quantitative estimate of drug-likeness (QED) is 0.460. The number of nitro groups is 1. The van der Waals surface area contributed by atoms with Crippen LogP contribution in [0, 0.1) is 16.0 Å². The minimum absolute atomic E-state index is 0.133. The summed E-state index contributed by atoms with van der Waals surface area (Å²) in [5.41, 5.74) is 0.0110. The summed E-state index contributed by atoms with van der Waals surface area (Å²) >= 11 is 0. The Morgan fingerprint density at radius 3 is 2.44 bits per heavy atom. The summed E-state index contributed by atoms with van der Waals surface area (Å²) in [6, 6.07) is 3.06. The first-order valence-corrected chi connectivity index (χ1v) is 8.12. The molecule has 136 valence electrons. The summed E-state index contributed by atoms with van der Waals surface area (Å²) in [4.78, 5) is 36.9. The van der Waals surface area contributed by atoms with E-state index >= 15 is 0 Å². The molecule has 1 amide bonds. The second kappa shape index (κ2) is 7.08. The van der Waals surface area contributed by atoms with Gasteiger partial charge in [0.15, 0.2) is 6.10 Å². The van der Waals surface area contributed by atoms with Crippen LogP contribution in [0.15, 0.2) is 18.2 Å². The Morgan fingerprint density at radius 2 is 1.92 bits per heavy atom. The Hall–Kier alpha value is -2.64. The molecule has 0 aliphatic carbocycles. The van der Waals surface area contributed by atoms with Crippen molar-refractivity contribution < 1.29 is 24.0 Å². The number of nitro benzene ring substituents is 1. The number of ether oxygens (including phenoxy) is 2. The number of hydrogen-bond donors (Lipinski definition) is 0. The van der Waals surface area contributed by atoms with E-state index in [9.17, 15) is 19.7 Å². The Bertz CT molecular complexity index is 700. The van der Waals surface area contributed by atoms with Gasteiger partial charge in [-0.05, 0) is 32.8 Å². The molecule has 0 saturated heterocycles. The lowest BCUT2D eigenvalue weighted by molar-refractivity contribution is -0.384. The summed E-state index contributed by atoms with van der Waals surface area (Å²) in [5.74, 6) is -0.804. The molecular formula is C17H22N2O6. The highest BCUT2D eigenvalue weighted by molar-refractivity contribution is 6.04. The number of non-ortho nitro benzene ring substituents is 1. The first kappa shape index (κ1) is 18.7. The van der Waals surface area contributed by atoms with Crippen LogP contribution in [0.4, 0.5) is 11.4 Å². The molecule has 8 heteroatoms. The van der Waals surface area contributed by atoms with E-state index in [2.05, 4.69) is 0 Å². The number of fused-ring (bicyclic) bond motifs is 1. The monoisotopic (exact) mass is 350 g/mol. The molecule has 8 nitrogen and oxygen atoms in total. The van der Waals surface area contributed by atoms with Gasteiger partial charge in [0, 0.05) is 12.1 Å². The van der Waals surface area contributed by atoms with E-state index in [-0.39, 0.29) is 23.4 Å². The first-order valence-electron chi connectivity index (χ1n) is 8.12. The minimum Gasteiger partial charge on any atom is -0.478 e. The van der Waals surface area contributed by atoms with Crippen molar-refractivity contribution in [2.45, 2.75) is 52.9 Å². The van der Waals surface area contributed by atoms with Crippen LogP contribution in [0.5, 0.6) is 5.75 Å². The van der Waals surface area contributed by atoms with Crippen LogP contribution in [-0.4, -0.2) is 35.0 Å². The number of hydrogen-bond acceptors (Lipinski definition) is 6. The molecule has 1 aromatic rings. The van der Waals surface area contributed by atoms with E-state index in [4.69, 9.17) is 9.47 Å². The third-order valence-corrected chi connectivity index (χ3v) is 3.83. The van der Waals surface area contributed by atoms with Gasteiger partial charge in [0.1, 0.15) is 11.8 Å². The predicted octanol–water partition coefficient (Wildman–Crippen LogP) is 2.68. The van der Waals surface area contributed by atoms with Crippen molar-refractivity contribution in [2.24, 2.45) is 5.92 Å². The highest BCUT2D eigenvalue weighted by Gasteiger charge is 2.41. The first-order chi connectivity index (χ1) is 11.6. The zero-order chi connectivity index (χ0) is 18.9. The van der Waals surface area contributed by atoms with Crippen LogP contribution in [0.1, 0.15) is 34.6 Å². The molecule has 0 N–H and O–H groups in total. The summed E-state index contributed by atoms with van der Waals surface area (Å²) in [5, 5.41) is 11.1. The van der Waals surface area contributed by atoms with Crippen molar-refractivity contribution in [3.05, 3.63) is 28.3 Å². The Morgan fingerprint density at radius 1 is 1.28 bits per heavy atom. The van der Waals surface area contributed by atoms with E-state index in [1.165, 1.54) is 30.0 Å². The molecule has 0 aromatic heterocycles. The number of anilines is 1. The third-order valence-electron chi connectivity index (χ3n) is 3.83. The van der Waals surface area contributed by atoms with Gasteiger partial charge in [-0.15, -0.1) is 0 Å². The van der Waals surface area contributed by atoms with Gasteiger partial charge in [-0.3, -0.25) is 19.8 Å². The number of nitrogens with zero attached hydrogens (tertiary/aromatic N) is 2. The van der Waals surface area contributed by atoms with Crippen molar-refractivity contribution in [3.8, 4) is 5.75 Å². The van der Waals surface area contributed by atoms with Crippen molar-refractivity contribution in [3.63, 3.8) is 0 Å². The average molecular weight is 350 g/mol. The zero-order valence-electron chi connectivity index (χ0n) is 14.9. The van der Waals surface area contributed by atoms with E-state index in [1.807, 2.05) is 13.8 Å². The second-order valence-electron chi connectivity index (χ2n) is 6.56. The summed E-state index contributed by atoms with van der Waals surface area (Å²) in [6.07, 6.45) is -1.11. The molecule has 2 atom stereocenters. The van der Waals surface area contributed by atoms with Gasteiger partial charge in [-0.25, -0.2) is 4.79 Å². The van der Waals surface area contributed by atoms with E-state index < -0.39 is 28.9 Å². The van der Waals surface area contributed by atoms with Crippen LogP contribution in [0.2, 0.25) is 0 Å². The lowest BCUT2D eigenvalue weighted by atomic mass is 10.0. The van der Waals surface area contributed by atoms with Crippen LogP contribution in [0.3, 0.4) is 0 Å². The molecule has 0 bridgehead atoms. The largest absolute Gasteiger partial charge is 0.478 e. The second-order valence-corrected chi connectivity index (χ2v) is 6.56. The molecule has 0 saturated carbocycles. The SMILES string of the molecule is CC(C)OC(=O)C(C)N1C(=O)C(C(C)C)Oc2ccc([N+](=O)[O-])cc21. The van der Waals surface area contributed by atoms with Gasteiger partial charge in [0.25, 0.3) is 11.6 Å². The topological polar surface area (TPSA) is 99.0 Å². The lowest BCUT2D eigenvalue weighted by Gasteiger charge is -2.38. The molecule has 1 heterocycles. The number of rotatable bonds is 5. The smallest absolute Gasteiger partial charge is 0.329 e. The van der Waals surface area contributed by atoms with Crippen LogP contribution >= 0.6 is 0 Å². The normalized spacial score (nSPS) is 18.0. The molecule has 1 aromatic carbocycles. The van der Waals surface area contributed by atoms with Crippen molar-refractivity contribution in [1.29, 1.82) is 0 Å². The molecule has 1 aliphatic rings. The standard InChI is InChI=1S/C17H22N2O6/c1-9(2)15-16(20)18(11(5)17(21)24-10(3)4)13-8-12(19(22)23)6-7-14(13)25-15/h6-11,15H,1-5H3. The van der Waals surface area contributed by atoms with Crippen molar-refractivity contribution >= 4 is 23.3 Å². The summed E-state index contributed by atoms with van der Waals surface area (Å²) in [7, 11) is 0. The molecule has 2 rings (SSSR count). The van der Waals surface area contributed by atoms with Crippen LogP contribution in [0.25, 0.3) is 0 Å². The van der Waals surface area contributed by atoms with Gasteiger partial charge in [-0.2, -0.15) is 0 Å². The van der Waals surface area contributed by atoms with E-state index in [0.29, 0.717) is 5.75 Å². The number of benzene rings is 1. The molecule has 25 heavy (non-hydrogen) atoms. The number of carbonyl (C=O) groups is 2. The molecular weight excluding hydrogens is 328 g/mol. The molecule has 0 spiro atoms. The minimum atomic E-state index is -0.930. The highest BCUT2D eigenvalue weighted by Crippen LogP contribution is 2.39. The number of carbonyl (C=O) groups excluding carboxylic acids is 2. The maximum absolute atomic E-state index is 12.9. The van der Waals surface area contributed by atoms with E-state index in [0.717, 1.165) is 0 Å². The van der Waals surface area contributed by atoms with Crippen LogP contribution < -0.4 is 9.64 Å². The average Bonchev–Trinajstić information content (AvgIpc) is 2.52. The molecule has 0 fully saturated rings. The van der Waals surface area contributed by atoms with Crippen LogP contribution in [-0.2, 0) is 14.3 Å². The fourth-order valence-corrected chi connectivity index (χ4v) is 2.61. The van der Waals surface area contributed by atoms with Crippen molar-refractivity contribution in [1.82, 2.24) is 0 Å². The summed E-state index contributed by atoms with van der Waals surface area (Å²) in [6.45, 7) is 8.61. The number of amides is 1. The maximum atomic E-state index is 12.9. The van der Waals surface area contributed by atoms with Gasteiger partial charge in [-0.1, -0.05) is 13.8 Å². The van der Waals surface area contributed by atoms with Gasteiger partial charge in [0.2, 0.25) is 0 Å². The molecule has 2 unspecified atom stereocenters. The molecule has 0 radical (unpaired) electrons. The maximum Gasteiger partial charge on any atom is 0.329 e. The van der Waals surface area contributed by atoms with Gasteiger partial charge in [0.05, 0.1) is 16.7 Å². The fourth-order valence-electron chi connectivity index (χ4n) is 2.61. The Kier molecular flexibility index (Phi) is 5.30. The lowest BCUT2D eigenvalue weighted by Crippen LogP contribution is -2.54. The number of esters is 1.